The van der Waals surface area contributed by atoms with Gasteiger partial charge in [-0.25, -0.2) is 0 Å². The summed E-state index contributed by atoms with van der Waals surface area (Å²) in [5.74, 6) is 0. The molecule has 98 valence electrons. The lowest BCUT2D eigenvalue weighted by molar-refractivity contribution is 0.0692. The maximum absolute atomic E-state index is 5.52. The maximum Gasteiger partial charge on any atom is 0.152 e. The van der Waals surface area contributed by atoms with E-state index in [1.165, 1.54) is 0 Å². The number of oxime groups is 1. The molecule has 2 aromatic rings. The Hall–Kier alpha value is -2.10. The second-order valence-electron chi connectivity index (χ2n) is 4.94. The van der Waals surface area contributed by atoms with Crippen LogP contribution in [0.25, 0.3) is 0 Å². The summed E-state index contributed by atoms with van der Waals surface area (Å²) in [7, 11) is 0. The number of aromatic nitrogens is 2. The number of benzene rings is 1. The van der Waals surface area contributed by atoms with Gasteiger partial charge in [-0.2, -0.15) is 5.10 Å². The Morgan fingerprint density at radius 3 is 2.74 bits per heavy atom. The van der Waals surface area contributed by atoms with Crippen LogP contribution in [0.15, 0.2) is 41.6 Å². The lowest BCUT2D eigenvalue weighted by Gasteiger charge is -2.09. The highest BCUT2D eigenvalue weighted by atomic mass is 16.6. The van der Waals surface area contributed by atoms with E-state index in [1.54, 1.807) is 0 Å². The first-order chi connectivity index (χ1) is 9.22. The molecule has 1 atom stereocenters. The van der Waals surface area contributed by atoms with Crippen LogP contribution in [-0.2, 0) is 11.4 Å². The fraction of sp³-hybridized carbons (Fsp3) is 0.333. The Morgan fingerprint density at radius 2 is 2.05 bits per heavy atom. The van der Waals surface area contributed by atoms with Gasteiger partial charge in [0.15, 0.2) is 6.10 Å². The molecule has 1 aliphatic rings. The van der Waals surface area contributed by atoms with Crippen molar-refractivity contribution >= 4 is 5.71 Å². The molecule has 0 saturated heterocycles. The van der Waals surface area contributed by atoms with Gasteiger partial charge in [0.05, 0.1) is 18.0 Å². The Labute approximate surface area is 112 Å². The summed E-state index contributed by atoms with van der Waals surface area (Å²) >= 11 is 0. The smallest absolute Gasteiger partial charge is 0.152 e. The molecule has 3 rings (SSSR count). The van der Waals surface area contributed by atoms with E-state index in [1.807, 2.05) is 29.8 Å². The highest BCUT2D eigenvalue weighted by molar-refractivity contribution is 6.01. The molecule has 1 unspecified atom stereocenters. The number of nitrogens with zero attached hydrogens (tertiary/aromatic N) is 3. The number of hydrogen-bond donors (Lipinski definition) is 0. The van der Waals surface area contributed by atoms with Gasteiger partial charge < -0.3 is 4.84 Å². The highest BCUT2D eigenvalue weighted by Crippen LogP contribution is 2.18. The monoisotopic (exact) mass is 255 g/mol. The van der Waals surface area contributed by atoms with Crippen molar-refractivity contribution in [1.82, 2.24) is 9.78 Å². The van der Waals surface area contributed by atoms with Crippen LogP contribution in [0.1, 0.15) is 23.4 Å². The molecule has 4 heteroatoms. The van der Waals surface area contributed by atoms with Crippen LogP contribution >= 0.6 is 0 Å². The van der Waals surface area contributed by atoms with Crippen LogP contribution in [-0.4, -0.2) is 21.6 Å². The van der Waals surface area contributed by atoms with E-state index in [-0.39, 0.29) is 6.10 Å². The van der Waals surface area contributed by atoms with E-state index in [9.17, 15) is 0 Å². The zero-order valence-corrected chi connectivity index (χ0v) is 11.2. The first kappa shape index (κ1) is 12.0. The van der Waals surface area contributed by atoms with Gasteiger partial charge in [0, 0.05) is 12.1 Å². The SMILES string of the molecule is Cc1cc(C)n(CC2CC(c3ccccc3)=NO2)n1. The van der Waals surface area contributed by atoms with Gasteiger partial charge in [0.2, 0.25) is 0 Å². The van der Waals surface area contributed by atoms with E-state index in [4.69, 9.17) is 4.84 Å². The molecular weight excluding hydrogens is 238 g/mol. The molecule has 0 aliphatic carbocycles. The molecule has 1 aromatic heterocycles. The van der Waals surface area contributed by atoms with Crippen molar-refractivity contribution < 1.29 is 4.84 Å². The Bertz CT molecular complexity index is 601. The van der Waals surface area contributed by atoms with E-state index in [0.717, 1.165) is 35.6 Å². The van der Waals surface area contributed by atoms with Gasteiger partial charge in [-0.15, -0.1) is 0 Å². The van der Waals surface area contributed by atoms with Gasteiger partial charge in [0.25, 0.3) is 0 Å². The third kappa shape index (κ3) is 2.52. The zero-order valence-electron chi connectivity index (χ0n) is 11.2. The topological polar surface area (TPSA) is 39.4 Å². The third-order valence-corrected chi connectivity index (χ3v) is 3.32. The predicted molar refractivity (Wildman–Crippen MR) is 74.2 cm³/mol. The largest absolute Gasteiger partial charge is 0.390 e. The second kappa shape index (κ2) is 4.88. The number of aryl methyl sites for hydroxylation is 2. The van der Waals surface area contributed by atoms with Gasteiger partial charge in [0.1, 0.15) is 0 Å². The standard InChI is InChI=1S/C15H17N3O/c1-11-8-12(2)18(16-11)10-14-9-15(17-19-14)13-6-4-3-5-7-13/h3-8,14H,9-10H2,1-2H3. The van der Waals surface area contributed by atoms with Gasteiger partial charge >= 0.3 is 0 Å². The van der Waals surface area contributed by atoms with Gasteiger partial charge in [-0.05, 0) is 25.5 Å². The van der Waals surface area contributed by atoms with Crippen LogP contribution in [0.5, 0.6) is 0 Å². The molecule has 19 heavy (non-hydrogen) atoms. The molecule has 0 spiro atoms. The summed E-state index contributed by atoms with van der Waals surface area (Å²) in [6, 6.07) is 12.3. The maximum atomic E-state index is 5.52. The second-order valence-corrected chi connectivity index (χ2v) is 4.94. The van der Waals surface area contributed by atoms with Crippen molar-refractivity contribution in [2.75, 3.05) is 0 Å². The predicted octanol–water partition coefficient (Wildman–Crippen LogP) is 2.69. The van der Waals surface area contributed by atoms with Crippen molar-refractivity contribution in [3.8, 4) is 0 Å². The van der Waals surface area contributed by atoms with Crippen molar-refractivity contribution in [3.05, 3.63) is 53.3 Å². The summed E-state index contributed by atoms with van der Waals surface area (Å²) in [4.78, 5) is 5.52. The van der Waals surface area contributed by atoms with Crippen LogP contribution in [0.4, 0.5) is 0 Å². The normalized spacial score (nSPS) is 18.2. The average Bonchev–Trinajstić information content (AvgIpc) is 2.99. The Morgan fingerprint density at radius 1 is 1.26 bits per heavy atom. The lowest BCUT2D eigenvalue weighted by atomic mass is 10.1. The zero-order chi connectivity index (χ0) is 13.2. The van der Waals surface area contributed by atoms with Crippen LogP contribution in [0.2, 0.25) is 0 Å². The van der Waals surface area contributed by atoms with Gasteiger partial charge in [-0.1, -0.05) is 35.5 Å². The molecule has 1 aromatic carbocycles. The van der Waals surface area contributed by atoms with E-state index < -0.39 is 0 Å². The Kier molecular flexibility index (Phi) is 3.07. The minimum absolute atomic E-state index is 0.0770. The highest BCUT2D eigenvalue weighted by Gasteiger charge is 2.23. The number of hydrogen-bond acceptors (Lipinski definition) is 3. The average molecular weight is 255 g/mol. The summed E-state index contributed by atoms with van der Waals surface area (Å²) in [6.07, 6.45) is 0.913. The lowest BCUT2D eigenvalue weighted by Crippen LogP contribution is -2.18. The first-order valence-electron chi connectivity index (χ1n) is 6.51. The van der Waals surface area contributed by atoms with Gasteiger partial charge in [-0.3, -0.25) is 4.68 Å². The summed E-state index contributed by atoms with van der Waals surface area (Å²) in [5.41, 5.74) is 4.36. The van der Waals surface area contributed by atoms with Crippen molar-refractivity contribution in [2.24, 2.45) is 5.16 Å². The Balaban J connectivity index is 1.67. The first-order valence-corrected chi connectivity index (χ1v) is 6.51. The third-order valence-electron chi connectivity index (χ3n) is 3.32. The molecule has 0 amide bonds. The molecule has 0 saturated carbocycles. The van der Waals surface area contributed by atoms with Crippen molar-refractivity contribution in [1.29, 1.82) is 0 Å². The molecule has 0 N–H and O–H groups in total. The van der Waals surface area contributed by atoms with Crippen molar-refractivity contribution in [2.45, 2.75) is 32.9 Å². The van der Waals surface area contributed by atoms with E-state index in [2.05, 4.69) is 35.4 Å². The summed E-state index contributed by atoms with van der Waals surface area (Å²) in [5, 5.41) is 8.65. The van der Waals surface area contributed by atoms with Crippen LogP contribution < -0.4 is 0 Å². The van der Waals surface area contributed by atoms with E-state index >= 15 is 0 Å². The van der Waals surface area contributed by atoms with E-state index in [0.29, 0.717) is 0 Å². The minimum Gasteiger partial charge on any atom is -0.390 e. The molecule has 1 aliphatic heterocycles. The molecular formula is C15H17N3O. The van der Waals surface area contributed by atoms with Crippen molar-refractivity contribution in [3.63, 3.8) is 0 Å². The summed E-state index contributed by atoms with van der Waals surface area (Å²) in [6.45, 7) is 4.82. The van der Waals surface area contributed by atoms with Crippen LogP contribution in [0.3, 0.4) is 0 Å². The molecule has 2 heterocycles. The summed E-state index contributed by atoms with van der Waals surface area (Å²) < 4.78 is 1.99. The number of rotatable bonds is 3. The van der Waals surface area contributed by atoms with Crippen LogP contribution in [0, 0.1) is 13.8 Å². The molecule has 0 radical (unpaired) electrons. The minimum atomic E-state index is 0.0770. The fourth-order valence-corrected chi connectivity index (χ4v) is 2.38. The molecule has 4 nitrogen and oxygen atoms in total. The molecule has 0 bridgehead atoms. The fourth-order valence-electron chi connectivity index (χ4n) is 2.38. The quantitative estimate of drug-likeness (QED) is 0.846. The molecule has 0 fully saturated rings.